The van der Waals surface area contributed by atoms with E-state index in [0.717, 1.165) is 21.0 Å². The van der Waals surface area contributed by atoms with E-state index in [1.165, 1.54) is 23.1 Å². The van der Waals surface area contributed by atoms with Crippen molar-refractivity contribution in [2.45, 2.75) is 11.7 Å². The molecule has 0 spiro atoms. The number of amides is 1. The number of aromatic nitrogens is 2. The Hall–Kier alpha value is -3.20. The number of carbonyl (C=O) groups is 1. The molecular weight excluding hydrogens is 470 g/mol. The molecule has 0 atom stereocenters. The van der Waals surface area contributed by atoms with Gasteiger partial charge in [0.25, 0.3) is 5.56 Å². The normalized spacial score (nSPS) is 11.0. The number of nitrogens with zero attached hydrogens (tertiary/aromatic N) is 2. The molecule has 33 heavy (non-hydrogen) atoms. The van der Waals surface area contributed by atoms with E-state index in [4.69, 9.17) is 4.98 Å². The minimum atomic E-state index is -0.133. The van der Waals surface area contributed by atoms with Gasteiger partial charge in [-0.05, 0) is 35.2 Å². The Morgan fingerprint density at radius 2 is 1.76 bits per heavy atom. The van der Waals surface area contributed by atoms with Crippen molar-refractivity contribution < 1.29 is 4.79 Å². The zero-order valence-corrected chi connectivity index (χ0v) is 19.9. The first-order valence-corrected chi connectivity index (χ1v) is 13.0. The highest BCUT2D eigenvalue weighted by atomic mass is 32.2. The molecule has 1 amide bonds. The summed E-state index contributed by atoms with van der Waals surface area (Å²) < 4.78 is 1.60. The van der Waals surface area contributed by atoms with Gasteiger partial charge >= 0.3 is 0 Å². The second-order valence-corrected chi connectivity index (χ2v) is 10.2. The highest BCUT2D eigenvalue weighted by Gasteiger charge is 2.17. The number of para-hydroxylation sites is 1. The predicted molar refractivity (Wildman–Crippen MR) is 138 cm³/mol. The Morgan fingerprint density at radius 3 is 2.48 bits per heavy atom. The SMILES string of the molecule is O=C(CSc1nc2sc(-c3ccccc3)cc2c(=O)n1-c1ccccc1)NCc1cccs1. The van der Waals surface area contributed by atoms with Gasteiger partial charge in [0, 0.05) is 9.75 Å². The van der Waals surface area contributed by atoms with E-state index >= 15 is 0 Å². The third-order valence-corrected chi connectivity index (χ3v) is 7.87. The molecule has 0 radical (unpaired) electrons. The van der Waals surface area contributed by atoms with Gasteiger partial charge in [0.05, 0.1) is 23.4 Å². The van der Waals surface area contributed by atoms with Gasteiger partial charge < -0.3 is 5.32 Å². The van der Waals surface area contributed by atoms with E-state index in [-0.39, 0.29) is 17.2 Å². The van der Waals surface area contributed by atoms with Gasteiger partial charge in [-0.2, -0.15) is 0 Å². The van der Waals surface area contributed by atoms with Gasteiger partial charge in [0.2, 0.25) is 5.91 Å². The van der Waals surface area contributed by atoms with Crippen molar-refractivity contribution in [2.75, 3.05) is 5.75 Å². The number of hydrogen-bond donors (Lipinski definition) is 1. The molecule has 0 saturated carbocycles. The summed E-state index contributed by atoms with van der Waals surface area (Å²) in [7, 11) is 0. The summed E-state index contributed by atoms with van der Waals surface area (Å²) in [6.45, 7) is 0.500. The number of nitrogens with one attached hydrogen (secondary N) is 1. The average Bonchev–Trinajstić information content (AvgIpc) is 3.53. The van der Waals surface area contributed by atoms with Crippen molar-refractivity contribution in [2.24, 2.45) is 0 Å². The van der Waals surface area contributed by atoms with Crippen molar-refractivity contribution >= 4 is 50.6 Å². The van der Waals surface area contributed by atoms with Crippen LogP contribution in [0.15, 0.2) is 94.2 Å². The van der Waals surface area contributed by atoms with Crippen molar-refractivity contribution in [3.8, 4) is 16.1 Å². The molecule has 0 aliphatic heterocycles. The number of benzene rings is 2. The Morgan fingerprint density at radius 1 is 1.00 bits per heavy atom. The quantitative estimate of drug-likeness (QED) is 0.239. The van der Waals surface area contributed by atoms with Gasteiger partial charge in [-0.25, -0.2) is 4.98 Å². The number of rotatable bonds is 7. The maximum absolute atomic E-state index is 13.5. The summed E-state index contributed by atoms with van der Waals surface area (Å²) in [4.78, 5) is 33.6. The highest BCUT2D eigenvalue weighted by molar-refractivity contribution is 7.99. The van der Waals surface area contributed by atoms with E-state index in [9.17, 15) is 9.59 Å². The first kappa shape index (κ1) is 21.6. The maximum Gasteiger partial charge on any atom is 0.267 e. The van der Waals surface area contributed by atoms with Crippen LogP contribution in [0.2, 0.25) is 0 Å². The summed E-state index contributed by atoms with van der Waals surface area (Å²) in [6, 6.07) is 25.3. The van der Waals surface area contributed by atoms with Gasteiger partial charge in [-0.15, -0.1) is 22.7 Å². The lowest BCUT2D eigenvalue weighted by Crippen LogP contribution is -2.25. The van der Waals surface area contributed by atoms with Crippen LogP contribution in [0, 0.1) is 0 Å². The molecule has 3 heterocycles. The molecule has 0 saturated heterocycles. The molecule has 0 fully saturated rings. The first-order chi connectivity index (χ1) is 16.2. The predicted octanol–water partition coefficient (Wildman–Crippen LogP) is 5.58. The molecule has 3 aromatic heterocycles. The Kier molecular flexibility index (Phi) is 6.39. The molecule has 164 valence electrons. The average molecular weight is 490 g/mol. The zero-order valence-electron chi connectivity index (χ0n) is 17.4. The zero-order chi connectivity index (χ0) is 22.6. The van der Waals surface area contributed by atoms with Crippen LogP contribution >= 0.6 is 34.4 Å². The Bertz CT molecular complexity index is 1440. The topological polar surface area (TPSA) is 64.0 Å². The smallest absolute Gasteiger partial charge is 0.267 e. The minimum absolute atomic E-state index is 0.0986. The second-order valence-electron chi connectivity index (χ2n) is 7.21. The summed E-state index contributed by atoms with van der Waals surface area (Å²) in [5.74, 6) is 0.0751. The van der Waals surface area contributed by atoms with Crippen molar-refractivity contribution in [3.63, 3.8) is 0 Å². The van der Waals surface area contributed by atoms with E-state index in [0.29, 0.717) is 21.9 Å². The lowest BCUT2D eigenvalue weighted by molar-refractivity contribution is -0.118. The summed E-state index contributed by atoms with van der Waals surface area (Å²) in [5, 5.41) is 6.00. The third-order valence-electron chi connectivity index (χ3n) is 4.98. The molecule has 0 unspecified atom stereocenters. The molecule has 5 nitrogen and oxygen atoms in total. The first-order valence-electron chi connectivity index (χ1n) is 10.3. The monoisotopic (exact) mass is 489 g/mol. The van der Waals surface area contributed by atoms with Crippen LogP contribution < -0.4 is 10.9 Å². The molecule has 8 heteroatoms. The van der Waals surface area contributed by atoms with E-state index < -0.39 is 0 Å². The van der Waals surface area contributed by atoms with Crippen LogP contribution in [0.25, 0.3) is 26.3 Å². The number of carbonyl (C=O) groups excluding carboxylic acids is 1. The fourth-order valence-electron chi connectivity index (χ4n) is 3.39. The van der Waals surface area contributed by atoms with Crippen LogP contribution in [-0.2, 0) is 11.3 Å². The molecule has 5 rings (SSSR count). The second kappa shape index (κ2) is 9.74. The summed E-state index contributed by atoms with van der Waals surface area (Å²) in [5.41, 5.74) is 1.64. The van der Waals surface area contributed by atoms with Gasteiger partial charge in [0.1, 0.15) is 4.83 Å². The third kappa shape index (κ3) is 4.78. The molecule has 2 aromatic carbocycles. The van der Waals surface area contributed by atoms with E-state index in [1.807, 2.05) is 84.2 Å². The maximum atomic E-state index is 13.5. The van der Waals surface area contributed by atoms with Crippen LogP contribution in [0.5, 0.6) is 0 Å². The lowest BCUT2D eigenvalue weighted by atomic mass is 10.2. The number of thiophene rings is 2. The summed E-state index contributed by atoms with van der Waals surface area (Å²) >= 11 is 4.36. The highest BCUT2D eigenvalue weighted by Crippen LogP contribution is 2.32. The van der Waals surface area contributed by atoms with E-state index in [2.05, 4.69) is 5.32 Å². The molecule has 1 N–H and O–H groups in total. The van der Waals surface area contributed by atoms with Crippen LogP contribution in [0.3, 0.4) is 0 Å². The minimum Gasteiger partial charge on any atom is -0.350 e. The number of hydrogen-bond acceptors (Lipinski definition) is 6. The summed E-state index contributed by atoms with van der Waals surface area (Å²) in [6.07, 6.45) is 0. The van der Waals surface area contributed by atoms with Crippen LogP contribution in [-0.4, -0.2) is 21.2 Å². The molecule has 0 aliphatic carbocycles. The fourth-order valence-corrected chi connectivity index (χ4v) is 5.95. The van der Waals surface area contributed by atoms with Gasteiger partial charge in [-0.3, -0.25) is 14.2 Å². The standard InChI is InChI=1S/C25H19N3O2S3/c29-22(26-15-19-12-7-13-31-19)16-32-25-27-23-20(14-21(33-23)17-8-3-1-4-9-17)24(30)28(25)18-10-5-2-6-11-18/h1-14H,15-16H2,(H,26,29). The van der Waals surface area contributed by atoms with Crippen LogP contribution in [0.1, 0.15) is 4.88 Å². The molecule has 0 bridgehead atoms. The molecule has 0 aliphatic rings. The van der Waals surface area contributed by atoms with Gasteiger partial charge in [0.15, 0.2) is 5.16 Å². The largest absolute Gasteiger partial charge is 0.350 e. The van der Waals surface area contributed by atoms with Crippen molar-refractivity contribution in [1.82, 2.24) is 14.9 Å². The fraction of sp³-hybridized carbons (Fsp3) is 0.0800. The van der Waals surface area contributed by atoms with Crippen LogP contribution in [0.4, 0.5) is 0 Å². The van der Waals surface area contributed by atoms with E-state index in [1.54, 1.807) is 15.9 Å². The van der Waals surface area contributed by atoms with Gasteiger partial charge in [-0.1, -0.05) is 66.4 Å². The van der Waals surface area contributed by atoms with Crippen molar-refractivity contribution in [1.29, 1.82) is 0 Å². The lowest BCUT2D eigenvalue weighted by Gasteiger charge is -2.12. The van der Waals surface area contributed by atoms with Crippen molar-refractivity contribution in [3.05, 3.63) is 99.5 Å². The Labute approximate surface area is 202 Å². The number of fused-ring (bicyclic) bond motifs is 1. The Balaban J connectivity index is 1.49. The molecule has 5 aromatic rings. The number of thioether (sulfide) groups is 1. The molecular formula is C25H19N3O2S3.